The van der Waals surface area contributed by atoms with Crippen LogP contribution in [0, 0.1) is 0 Å². The van der Waals surface area contributed by atoms with E-state index in [0.717, 1.165) is 40.6 Å². The number of hydrogen-bond acceptors (Lipinski definition) is 3. The van der Waals surface area contributed by atoms with E-state index in [-0.39, 0.29) is 12.0 Å². The van der Waals surface area contributed by atoms with Crippen LogP contribution >= 0.6 is 23.2 Å². The Kier molecular flexibility index (Phi) is 6.41. The maximum atomic E-state index is 11.5. The topological polar surface area (TPSA) is 55.4 Å². The molecule has 1 unspecified atom stereocenters. The highest BCUT2D eigenvalue weighted by atomic mass is 35.5. The van der Waals surface area contributed by atoms with E-state index in [9.17, 15) is 8.76 Å². The van der Waals surface area contributed by atoms with Gasteiger partial charge in [-0.15, -0.1) is 0 Å². The SMILES string of the molecule is O=S([O-])Nc1c(C2CN(C(c3ccc(Cl)cc3)c3ccc(Cl)cc3)C2)ccc2ccccc12. The lowest BCUT2D eigenvalue weighted by Gasteiger charge is -2.45. The summed E-state index contributed by atoms with van der Waals surface area (Å²) in [5.74, 6) is 0.211. The van der Waals surface area contributed by atoms with Crippen molar-refractivity contribution in [3.05, 3.63) is 112 Å². The van der Waals surface area contributed by atoms with E-state index in [2.05, 4.69) is 40.0 Å². The lowest BCUT2D eigenvalue weighted by molar-refractivity contribution is 0.111. The molecule has 0 spiro atoms. The molecule has 7 heteroatoms. The van der Waals surface area contributed by atoms with E-state index >= 15 is 0 Å². The summed E-state index contributed by atoms with van der Waals surface area (Å²) in [4.78, 5) is 2.39. The Hall–Kier alpha value is -2.41. The largest absolute Gasteiger partial charge is 0.755 e. The Balaban J connectivity index is 1.47. The summed E-state index contributed by atoms with van der Waals surface area (Å²) in [7, 11) is 0. The summed E-state index contributed by atoms with van der Waals surface area (Å²) in [6, 6.07) is 27.8. The lowest BCUT2D eigenvalue weighted by Crippen LogP contribution is -2.47. The van der Waals surface area contributed by atoms with Crippen molar-refractivity contribution in [3.63, 3.8) is 0 Å². The van der Waals surface area contributed by atoms with Crippen molar-refractivity contribution in [2.24, 2.45) is 0 Å². The van der Waals surface area contributed by atoms with Crippen molar-refractivity contribution in [2.75, 3.05) is 17.8 Å². The number of likely N-dealkylation sites (tertiary alicyclic amines) is 1. The highest BCUT2D eigenvalue weighted by Crippen LogP contribution is 2.42. The van der Waals surface area contributed by atoms with Crippen LogP contribution in [0.15, 0.2) is 84.9 Å². The van der Waals surface area contributed by atoms with Crippen LogP contribution in [0.1, 0.15) is 28.7 Å². The van der Waals surface area contributed by atoms with Crippen LogP contribution in [0.2, 0.25) is 10.0 Å². The molecule has 1 aliphatic heterocycles. The van der Waals surface area contributed by atoms with Crippen molar-refractivity contribution in [1.29, 1.82) is 0 Å². The van der Waals surface area contributed by atoms with Gasteiger partial charge in [0.1, 0.15) is 0 Å². The van der Waals surface area contributed by atoms with Gasteiger partial charge in [-0.3, -0.25) is 9.11 Å². The molecule has 1 aliphatic rings. The van der Waals surface area contributed by atoms with Crippen molar-refractivity contribution in [1.82, 2.24) is 4.90 Å². The van der Waals surface area contributed by atoms with E-state index < -0.39 is 11.3 Å². The maximum Gasteiger partial charge on any atom is 0.0602 e. The molecule has 0 amide bonds. The van der Waals surface area contributed by atoms with Gasteiger partial charge in [-0.2, -0.15) is 0 Å². The molecule has 0 aliphatic carbocycles. The second-order valence-corrected chi connectivity index (χ2v) is 9.79. The quantitative estimate of drug-likeness (QED) is 0.309. The van der Waals surface area contributed by atoms with Gasteiger partial charge in [0.2, 0.25) is 0 Å². The molecule has 4 aromatic rings. The zero-order valence-corrected chi connectivity index (χ0v) is 19.9. The van der Waals surface area contributed by atoms with Crippen molar-refractivity contribution < 1.29 is 8.76 Å². The van der Waals surface area contributed by atoms with Crippen LogP contribution in [-0.2, 0) is 11.3 Å². The zero-order valence-electron chi connectivity index (χ0n) is 17.6. The Bertz CT molecular complexity index is 1260. The first-order chi connectivity index (χ1) is 16.0. The second-order valence-electron chi connectivity index (χ2n) is 8.24. The Morgan fingerprint density at radius 3 is 2.00 bits per heavy atom. The van der Waals surface area contributed by atoms with E-state index in [0.29, 0.717) is 15.7 Å². The van der Waals surface area contributed by atoms with Crippen molar-refractivity contribution >= 4 is 50.9 Å². The fraction of sp³-hybridized carbons (Fsp3) is 0.154. The first-order valence-electron chi connectivity index (χ1n) is 10.6. The highest BCUT2D eigenvalue weighted by molar-refractivity contribution is 7.80. The minimum absolute atomic E-state index is 0.0567. The molecule has 4 nitrogen and oxygen atoms in total. The van der Waals surface area contributed by atoms with Crippen LogP contribution in [0.5, 0.6) is 0 Å². The van der Waals surface area contributed by atoms with Gasteiger partial charge >= 0.3 is 0 Å². The average molecular weight is 496 g/mol. The number of nitrogens with zero attached hydrogens (tertiary/aromatic N) is 1. The number of rotatable bonds is 6. The number of anilines is 1. The molecule has 0 radical (unpaired) electrons. The molecule has 1 atom stereocenters. The second kappa shape index (κ2) is 9.45. The summed E-state index contributed by atoms with van der Waals surface area (Å²) in [6.07, 6.45) is 0. The predicted molar refractivity (Wildman–Crippen MR) is 136 cm³/mol. The first kappa shape index (κ1) is 22.4. The molecule has 0 bridgehead atoms. The van der Waals surface area contributed by atoms with Crippen molar-refractivity contribution in [2.45, 2.75) is 12.0 Å². The molecule has 1 saturated heterocycles. The van der Waals surface area contributed by atoms with E-state index in [1.165, 1.54) is 0 Å². The lowest BCUT2D eigenvalue weighted by atomic mass is 9.84. The van der Waals surface area contributed by atoms with Crippen LogP contribution in [0.4, 0.5) is 5.69 Å². The number of hydrogen-bond donors (Lipinski definition) is 1. The van der Waals surface area contributed by atoms with Crippen molar-refractivity contribution in [3.8, 4) is 0 Å². The molecule has 5 rings (SSSR count). The fourth-order valence-electron chi connectivity index (χ4n) is 4.65. The van der Waals surface area contributed by atoms with Gasteiger partial charge in [-0.1, -0.05) is 83.9 Å². The predicted octanol–water partition coefficient (Wildman–Crippen LogP) is 6.54. The van der Waals surface area contributed by atoms with Gasteiger partial charge in [-0.05, 0) is 46.3 Å². The van der Waals surface area contributed by atoms with Crippen LogP contribution in [0.3, 0.4) is 0 Å². The first-order valence-corrected chi connectivity index (χ1v) is 12.5. The molecule has 1 fully saturated rings. The molecule has 168 valence electrons. The van der Waals surface area contributed by atoms with E-state index in [1.807, 2.05) is 54.6 Å². The molecule has 0 aromatic heterocycles. The number of benzene rings is 4. The summed E-state index contributed by atoms with van der Waals surface area (Å²) in [5.41, 5.74) is 3.98. The molecule has 33 heavy (non-hydrogen) atoms. The maximum absolute atomic E-state index is 11.5. The monoisotopic (exact) mass is 495 g/mol. The summed E-state index contributed by atoms with van der Waals surface area (Å²) in [5, 5.41) is 3.32. The van der Waals surface area contributed by atoms with Crippen LogP contribution in [0.25, 0.3) is 10.8 Å². The summed E-state index contributed by atoms with van der Waals surface area (Å²) < 4.78 is 25.8. The van der Waals surface area contributed by atoms with Gasteiger partial charge < -0.3 is 9.27 Å². The molecule has 1 heterocycles. The average Bonchev–Trinajstić information content (AvgIpc) is 2.78. The minimum Gasteiger partial charge on any atom is -0.755 e. The van der Waals surface area contributed by atoms with Gasteiger partial charge in [-0.25, -0.2) is 0 Å². The van der Waals surface area contributed by atoms with Gasteiger partial charge in [0.15, 0.2) is 0 Å². The van der Waals surface area contributed by atoms with E-state index in [1.54, 1.807) is 0 Å². The molecule has 0 saturated carbocycles. The highest BCUT2D eigenvalue weighted by Gasteiger charge is 2.36. The summed E-state index contributed by atoms with van der Waals surface area (Å²) >= 11 is 9.87. The third kappa shape index (κ3) is 4.65. The third-order valence-electron chi connectivity index (χ3n) is 6.23. The Labute approximate surface area is 205 Å². The van der Waals surface area contributed by atoms with E-state index in [4.69, 9.17) is 23.2 Å². The molecule has 4 aromatic carbocycles. The fourth-order valence-corrected chi connectivity index (χ4v) is 5.30. The number of fused-ring (bicyclic) bond motifs is 1. The van der Waals surface area contributed by atoms with Crippen LogP contribution < -0.4 is 4.72 Å². The van der Waals surface area contributed by atoms with Gasteiger partial charge in [0, 0.05) is 45.7 Å². The number of nitrogens with one attached hydrogen (secondary N) is 1. The normalized spacial score (nSPS) is 15.5. The molecule has 1 N–H and O–H groups in total. The van der Waals surface area contributed by atoms with Gasteiger partial charge in [0.25, 0.3) is 0 Å². The smallest absolute Gasteiger partial charge is 0.0602 e. The Morgan fingerprint density at radius 2 is 1.42 bits per heavy atom. The molecular formula is C26H21Cl2N2O2S-. The van der Waals surface area contributed by atoms with Crippen LogP contribution in [-0.4, -0.2) is 26.8 Å². The standard InChI is InChI=1S/C26H22Cl2N2O2S/c27-21-10-5-18(6-11-21)26(19-7-12-22(28)13-8-19)30-15-20(16-30)24-14-9-17-3-1-2-4-23(17)25(24)29-33(31)32/h1-14,20,26,29H,15-16H2,(H,31,32)/p-1. The Morgan fingerprint density at radius 1 is 0.848 bits per heavy atom. The number of halogens is 2. The summed E-state index contributed by atoms with van der Waals surface area (Å²) in [6.45, 7) is 1.60. The minimum atomic E-state index is -2.40. The zero-order chi connectivity index (χ0) is 22.9. The van der Waals surface area contributed by atoms with Gasteiger partial charge in [0.05, 0.1) is 11.7 Å². The molecular weight excluding hydrogens is 475 g/mol. The third-order valence-corrected chi connectivity index (χ3v) is 7.11.